The Hall–Kier alpha value is -1.03. The summed E-state index contributed by atoms with van der Waals surface area (Å²) in [5.74, 6) is 8.38. The molecule has 0 aliphatic heterocycles. The van der Waals surface area contributed by atoms with Crippen LogP contribution in [0.1, 0.15) is 34.1 Å². The van der Waals surface area contributed by atoms with Gasteiger partial charge in [-0.15, -0.1) is 0 Å². The maximum atomic E-state index is 11.7. The molecule has 2 aliphatic rings. The van der Waals surface area contributed by atoms with Crippen molar-refractivity contribution in [2.75, 3.05) is 0 Å². The normalized spacial score (nSPS) is 36.0. The number of hydrogen-bond acceptors (Lipinski definition) is 1. The van der Waals surface area contributed by atoms with Gasteiger partial charge in [-0.2, -0.15) is 0 Å². The number of rotatable bonds is 1. The summed E-state index contributed by atoms with van der Waals surface area (Å²) in [5, 5.41) is 0. The molecule has 0 N–H and O–H groups in total. The monoisotopic (exact) mass is 216 g/mol. The van der Waals surface area contributed by atoms with Crippen LogP contribution >= 0.6 is 0 Å². The summed E-state index contributed by atoms with van der Waals surface area (Å²) >= 11 is 0. The quantitative estimate of drug-likeness (QED) is 0.486. The molecule has 0 aromatic heterocycles. The van der Waals surface area contributed by atoms with Gasteiger partial charge in [0.15, 0.2) is 0 Å². The fourth-order valence-electron chi connectivity index (χ4n) is 2.87. The molecule has 1 fully saturated rings. The topological polar surface area (TPSA) is 17.1 Å². The number of carbonyl (C=O) groups is 1. The Morgan fingerprint density at radius 2 is 1.88 bits per heavy atom. The van der Waals surface area contributed by atoms with Gasteiger partial charge in [0.2, 0.25) is 0 Å². The number of carbonyl (C=O) groups excluding carboxylic acids is 1. The second kappa shape index (κ2) is 3.77. The van der Waals surface area contributed by atoms with Gasteiger partial charge < -0.3 is 0 Å². The molecule has 4 atom stereocenters. The van der Waals surface area contributed by atoms with Crippen molar-refractivity contribution in [2.24, 2.45) is 29.1 Å². The number of ketones is 1. The van der Waals surface area contributed by atoms with E-state index < -0.39 is 0 Å². The van der Waals surface area contributed by atoms with E-state index in [1.54, 1.807) is 6.92 Å². The molecule has 1 saturated carbocycles. The number of allylic oxidation sites excluding steroid dienone is 2. The van der Waals surface area contributed by atoms with Crippen LogP contribution in [0.3, 0.4) is 0 Å². The molecular weight excluding hydrogens is 196 g/mol. The molecule has 0 spiro atoms. The van der Waals surface area contributed by atoms with Crippen molar-refractivity contribution < 1.29 is 4.79 Å². The van der Waals surface area contributed by atoms with Crippen LogP contribution in [-0.2, 0) is 4.79 Å². The average molecular weight is 216 g/mol. The lowest BCUT2D eigenvalue weighted by molar-refractivity contribution is -0.122. The maximum Gasteiger partial charge on any atom is 0.134 e. The Bertz CT molecular complexity index is 386. The third-order valence-corrected chi connectivity index (χ3v) is 3.54. The first-order chi connectivity index (χ1) is 7.38. The number of fused-ring (bicyclic) bond motifs is 2. The molecule has 2 aliphatic carbocycles. The van der Waals surface area contributed by atoms with Crippen LogP contribution in [-0.4, -0.2) is 5.78 Å². The van der Waals surface area contributed by atoms with Crippen LogP contribution in [0.15, 0.2) is 12.2 Å². The first kappa shape index (κ1) is 11.5. The molecule has 1 nitrogen and oxygen atoms in total. The van der Waals surface area contributed by atoms with Crippen molar-refractivity contribution in [3.63, 3.8) is 0 Å². The van der Waals surface area contributed by atoms with Gasteiger partial charge in [0, 0.05) is 17.3 Å². The second-order valence-corrected chi connectivity index (χ2v) is 6.13. The number of Topliss-reactive ketones (excluding diaryl/α,β-unsaturated/α-hetero) is 1. The van der Waals surface area contributed by atoms with Crippen molar-refractivity contribution in [3.05, 3.63) is 12.2 Å². The van der Waals surface area contributed by atoms with Gasteiger partial charge in [0.25, 0.3) is 0 Å². The zero-order valence-electron chi connectivity index (χ0n) is 10.6. The van der Waals surface area contributed by atoms with E-state index in [-0.39, 0.29) is 17.3 Å². The average Bonchev–Trinajstić information content (AvgIpc) is 2.71. The minimum absolute atomic E-state index is 0.0346. The fraction of sp³-hybridized carbons (Fsp3) is 0.667. The van der Waals surface area contributed by atoms with Crippen molar-refractivity contribution >= 4 is 5.78 Å². The zero-order valence-corrected chi connectivity index (χ0v) is 10.6. The van der Waals surface area contributed by atoms with E-state index in [4.69, 9.17) is 0 Å². The molecule has 0 radical (unpaired) electrons. The SMILES string of the molecule is CC(=O)[C@H]1[C@H](C#CC(C)(C)C)[C@@H]2C=C[C@H]1C2. The highest BCUT2D eigenvalue weighted by Gasteiger charge is 2.45. The van der Waals surface area contributed by atoms with Crippen LogP contribution in [0.5, 0.6) is 0 Å². The fourth-order valence-corrected chi connectivity index (χ4v) is 2.87. The van der Waals surface area contributed by atoms with Crippen LogP contribution < -0.4 is 0 Å². The molecule has 0 heterocycles. The van der Waals surface area contributed by atoms with Crippen molar-refractivity contribution in [3.8, 4) is 11.8 Å². The molecule has 0 aromatic carbocycles. The van der Waals surface area contributed by atoms with Crippen LogP contribution in [0.25, 0.3) is 0 Å². The summed E-state index contributed by atoms with van der Waals surface area (Å²) < 4.78 is 0. The zero-order chi connectivity index (χ0) is 11.9. The standard InChI is InChI=1S/C15H20O/c1-10(16)14-12-6-5-11(9-12)13(14)7-8-15(2,3)4/h5-6,11-14H,9H2,1-4H3/t11-,12+,13-,14-/m1/s1. The minimum Gasteiger partial charge on any atom is -0.300 e. The van der Waals surface area contributed by atoms with Crippen molar-refractivity contribution in [2.45, 2.75) is 34.1 Å². The lowest BCUT2D eigenvalue weighted by Gasteiger charge is -2.21. The molecule has 0 unspecified atom stereocenters. The highest BCUT2D eigenvalue weighted by Crippen LogP contribution is 2.48. The highest BCUT2D eigenvalue weighted by molar-refractivity contribution is 5.80. The van der Waals surface area contributed by atoms with E-state index in [1.165, 1.54) is 0 Å². The smallest absolute Gasteiger partial charge is 0.134 e. The molecule has 0 saturated heterocycles. The van der Waals surface area contributed by atoms with Crippen LogP contribution in [0.4, 0.5) is 0 Å². The van der Waals surface area contributed by atoms with Gasteiger partial charge in [0.05, 0.1) is 0 Å². The van der Waals surface area contributed by atoms with Gasteiger partial charge >= 0.3 is 0 Å². The molecule has 0 aromatic rings. The van der Waals surface area contributed by atoms with E-state index in [1.807, 2.05) is 0 Å². The largest absolute Gasteiger partial charge is 0.300 e. The predicted octanol–water partition coefficient (Wildman–Crippen LogP) is 3.06. The third kappa shape index (κ3) is 2.07. The summed E-state index contributed by atoms with van der Waals surface area (Å²) in [5.41, 5.74) is 0.0346. The Balaban J connectivity index is 2.23. The summed E-state index contributed by atoms with van der Waals surface area (Å²) in [6.07, 6.45) is 5.60. The summed E-state index contributed by atoms with van der Waals surface area (Å²) in [4.78, 5) is 11.7. The highest BCUT2D eigenvalue weighted by atomic mass is 16.1. The van der Waals surface area contributed by atoms with Crippen molar-refractivity contribution in [1.82, 2.24) is 0 Å². The molecule has 2 rings (SSSR count). The first-order valence-corrected chi connectivity index (χ1v) is 6.10. The molecular formula is C15H20O. The predicted molar refractivity (Wildman–Crippen MR) is 65.6 cm³/mol. The Morgan fingerprint density at radius 1 is 1.25 bits per heavy atom. The van der Waals surface area contributed by atoms with Crippen molar-refractivity contribution in [1.29, 1.82) is 0 Å². The molecule has 16 heavy (non-hydrogen) atoms. The van der Waals surface area contributed by atoms with E-state index in [2.05, 4.69) is 44.8 Å². The van der Waals surface area contributed by atoms with Gasteiger partial charge in [-0.25, -0.2) is 0 Å². The summed E-state index contributed by atoms with van der Waals surface area (Å²) in [6.45, 7) is 8.06. The van der Waals surface area contributed by atoms with E-state index in [0.717, 1.165) is 6.42 Å². The van der Waals surface area contributed by atoms with E-state index in [0.29, 0.717) is 17.6 Å². The van der Waals surface area contributed by atoms with Gasteiger partial charge in [-0.3, -0.25) is 4.79 Å². The lowest BCUT2D eigenvalue weighted by Crippen LogP contribution is -2.25. The molecule has 2 bridgehead atoms. The first-order valence-electron chi connectivity index (χ1n) is 6.10. The molecule has 0 amide bonds. The molecule has 1 heteroatoms. The summed E-state index contributed by atoms with van der Waals surface area (Å²) in [6, 6.07) is 0. The molecule has 86 valence electrons. The van der Waals surface area contributed by atoms with Crippen LogP contribution in [0.2, 0.25) is 0 Å². The van der Waals surface area contributed by atoms with Crippen LogP contribution in [0, 0.1) is 40.9 Å². The Morgan fingerprint density at radius 3 is 2.44 bits per heavy atom. The minimum atomic E-state index is 0.0346. The second-order valence-electron chi connectivity index (χ2n) is 6.13. The van der Waals surface area contributed by atoms with E-state index in [9.17, 15) is 4.79 Å². The Kier molecular flexibility index (Phi) is 2.70. The van der Waals surface area contributed by atoms with E-state index >= 15 is 0 Å². The maximum absolute atomic E-state index is 11.7. The Labute approximate surface area is 98.3 Å². The number of hydrogen-bond donors (Lipinski definition) is 0. The summed E-state index contributed by atoms with van der Waals surface area (Å²) in [7, 11) is 0. The lowest BCUT2D eigenvalue weighted by atomic mass is 9.80. The van der Waals surface area contributed by atoms with Gasteiger partial charge in [0.1, 0.15) is 5.78 Å². The van der Waals surface area contributed by atoms with Gasteiger partial charge in [-0.1, -0.05) is 24.0 Å². The third-order valence-electron chi connectivity index (χ3n) is 3.54. The van der Waals surface area contributed by atoms with Gasteiger partial charge in [-0.05, 0) is 46.0 Å².